The van der Waals surface area contributed by atoms with Gasteiger partial charge in [-0.15, -0.1) is 0 Å². The number of nitrogens with one attached hydrogen (secondary N) is 2. The van der Waals surface area contributed by atoms with E-state index in [-0.39, 0.29) is 30.0 Å². The fourth-order valence-corrected chi connectivity index (χ4v) is 3.93. The lowest BCUT2D eigenvalue weighted by Gasteiger charge is -2.36. The molecule has 28 heavy (non-hydrogen) atoms. The van der Waals surface area contributed by atoms with Gasteiger partial charge in [0.1, 0.15) is 11.9 Å². The lowest BCUT2D eigenvalue weighted by molar-refractivity contribution is -0.149. The van der Waals surface area contributed by atoms with E-state index < -0.39 is 17.9 Å². The Morgan fingerprint density at radius 1 is 1.39 bits per heavy atom. The molecule has 0 aliphatic carbocycles. The van der Waals surface area contributed by atoms with E-state index in [1.807, 2.05) is 6.92 Å². The number of aromatic nitrogens is 1. The van der Waals surface area contributed by atoms with Gasteiger partial charge < -0.3 is 20.3 Å². The maximum absolute atomic E-state index is 13.4. The first-order chi connectivity index (χ1) is 13.3. The topological polar surface area (TPSA) is 103 Å². The highest BCUT2D eigenvalue weighted by Crippen LogP contribution is 2.25. The maximum atomic E-state index is 13.4. The second-order valence-electron chi connectivity index (χ2n) is 7.46. The standard InChI is InChI=1S/C20H24FN3O4/c1-11-10-24(6-5-15(11)20(27)28)19(26)18(23-12(2)25)7-13-9-22-17-8-14(21)3-4-16(13)17/h3-4,8-9,11,15,18,22H,5-7,10H2,1-2H3,(H,23,25)(H,27,28). The number of fused-ring (bicyclic) bond motifs is 1. The number of aliphatic carboxylic acids is 1. The number of likely N-dealkylation sites (tertiary alicyclic amines) is 1. The normalized spacial score (nSPS) is 20.8. The summed E-state index contributed by atoms with van der Waals surface area (Å²) in [7, 11) is 0. The molecule has 0 saturated carbocycles. The number of amides is 2. The van der Waals surface area contributed by atoms with Crippen LogP contribution in [0.25, 0.3) is 10.9 Å². The van der Waals surface area contributed by atoms with Crippen molar-refractivity contribution in [2.45, 2.75) is 32.7 Å². The van der Waals surface area contributed by atoms with Crippen molar-refractivity contribution in [3.8, 4) is 0 Å². The minimum atomic E-state index is -0.843. The summed E-state index contributed by atoms with van der Waals surface area (Å²) in [4.78, 5) is 40.6. The molecule has 1 aromatic carbocycles. The number of nitrogens with zero attached hydrogens (tertiary/aromatic N) is 1. The van der Waals surface area contributed by atoms with Crippen LogP contribution in [-0.2, 0) is 20.8 Å². The lowest BCUT2D eigenvalue weighted by Crippen LogP contribution is -2.53. The van der Waals surface area contributed by atoms with E-state index in [4.69, 9.17) is 0 Å². The van der Waals surface area contributed by atoms with E-state index in [9.17, 15) is 23.9 Å². The van der Waals surface area contributed by atoms with Crippen molar-refractivity contribution in [3.63, 3.8) is 0 Å². The zero-order valence-electron chi connectivity index (χ0n) is 15.9. The van der Waals surface area contributed by atoms with Crippen molar-refractivity contribution < 1.29 is 23.9 Å². The summed E-state index contributed by atoms with van der Waals surface area (Å²) in [5, 5.41) is 12.8. The van der Waals surface area contributed by atoms with Crippen molar-refractivity contribution in [2.24, 2.45) is 11.8 Å². The fourth-order valence-electron chi connectivity index (χ4n) is 3.93. The SMILES string of the molecule is CC(=O)NC(Cc1c[nH]c2cc(F)ccc12)C(=O)N1CCC(C(=O)O)C(C)C1. The van der Waals surface area contributed by atoms with Crippen LogP contribution >= 0.6 is 0 Å². The van der Waals surface area contributed by atoms with E-state index in [1.54, 1.807) is 17.2 Å². The molecule has 2 heterocycles. The molecule has 2 aromatic rings. The number of hydrogen-bond acceptors (Lipinski definition) is 3. The van der Waals surface area contributed by atoms with Crippen molar-refractivity contribution in [2.75, 3.05) is 13.1 Å². The molecule has 0 spiro atoms. The van der Waals surface area contributed by atoms with Gasteiger partial charge in [-0.05, 0) is 36.1 Å². The van der Waals surface area contributed by atoms with E-state index >= 15 is 0 Å². The lowest BCUT2D eigenvalue weighted by atomic mass is 9.86. The summed E-state index contributed by atoms with van der Waals surface area (Å²) in [6.45, 7) is 3.85. The number of H-pyrrole nitrogens is 1. The van der Waals surface area contributed by atoms with Gasteiger partial charge in [-0.3, -0.25) is 14.4 Å². The third-order valence-corrected chi connectivity index (χ3v) is 5.36. The highest BCUT2D eigenvalue weighted by Gasteiger charge is 2.35. The zero-order chi connectivity index (χ0) is 20.4. The Bertz CT molecular complexity index is 910. The number of piperidine rings is 1. The van der Waals surface area contributed by atoms with Gasteiger partial charge in [0.05, 0.1) is 5.92 Å². The smallest absolute Gasteiger partial charge is 0.306 e. The van der Waals surface area contributed by atoms with Gasteiger partial charge in [-0.2, -0.15) is 0 Å². The number of carboxylic acid groups (broad SMARTS) is 1. The minimum absolute atomic E-state index is 0.163. The number of aromatic amines is 1. The number of rotatable bonds is 5. The molecule has 1 aromatic heterocycles. The van der Waals surface area contributed by atoms with Crippen LogP contribution in [0.2, 0.25) is 0 Å². The van der Waals surface area contributed by atoms with Gasteiger partial charge in [-0.1, -0.05) is 6.92 Å². The number of halogens is 1. The Morgan fingerprint density at radius 2 is 2.14 bits per heavy atom. The van der Waals surface area contributed by atoms with E-state index in [1.165, 1.54) is 19.1 Å². The Morgan fingerprint density at radius 3 is 2.79 bits per heavy atom. The number of carbonyl (C=O) groups is 3. The van der Waals surface area contributed by atoms with Crippen LogP contribution in [0.15, 0.2) is 24.4 Å². The predicted octanol–water partition coefficient (Wildman–Crippen LogP) is 1.92. The van der Waals surface area contributed by atoms with Crippen LogP contribution in [0.5, 0.6) is 0 Å². The monoisotopic (exact) mass is 389 g/mol. The number of carboxylic acids is 1. The molecule has 0 radical (unpaired) electrons. The molecule has 8 heteroatoms. The zero-order valence-corrected chi connectivity index (χ0v) is 15.9. The van der Waals surface area contributed by atoms with Crippen LogP contribution < -0.4 is 5.32 Å². The molecule has 2 amide bonds. The molecule has 3 atom stereocenters. The van der Waals surface area contributed by atoms with E-state index in [2.05, 4.69) is 10.3 Å². The number of hydrogen-bond donors (Lipinski definition) is 3. The molecule has 1 saturated heterocycles. The second-order valence-corrected chi connectivity index (χ2v) is 7.46. The Hall–Kier alpha value is -2.90. The van der Waals surface area contributed by atoms with Crippen LogP contribution in [0.4, 0.5) is 4.39 Å². The fraction of sp³-hybridized carbons (Fsp3) is 0.450. The molecule has 1 aliphatic heterocycles. The molecule has 3 unspecified atom stereocenters. The maximum Gasteiger partial charge on any atom is 0.306 e. The van der Waals surface area contributed by atoms with Crippen molar-refractivity contribution in [1.29, 1.82) is 0 Å². The van der Waals surface area contributed by atoms with Gasteiger partial charge in [0.25, 0.3) is 0 Å². The van der Waals surface area contributed by atoms with Crippen LogP contribution in [-0.4, -0.2) is 51.9 Å². The highest BCUT2D eigenvalue weighted by molar-refractivity contribution is 5.89. The largest absolute Gasteiger partial charge is 0.481 e. The molecule has 3 rings (SSSR count). The van der Waals surface area contributed by atoms with Gasteiger partial charge in [0.2, 0.25) is 11.8 Å². The van der Waals surface area contributed by atoms with E-state index in [0.29, 0.717) is 25.0 Å². The minimum Gasteiger partial charge on any atom is -0.481 e. The van der Waals surface area contributed by atoms with Gasteiger partial charge in [0, 0.05) is 43.5 Å². The summed E-state index contributed by atoms with van der Waals surface area (Å²) in [6.07, 6.45) is 2.37. The first kappa shape index (κ1) is 19.9. The molecule has 1 fully saturated rings. The Labute approximate surface area is 161 Å². The molecule has 1 aliphatic rings. The summed E-state index contributed by atoms with van der Waals surface area (Å²) in [5.74, 6) is -2.38. The van der Waals surface area contributed by atoms with Crippen LogP contribution in [0, 0.1) is 17.7 Å². The van der Waals surface area contributed by atoms with Crippen molar-refractivity contribution in [1.82, 2.24) is 15.2 Å². The summed E-state index contributed by atoms with van der Waals surface area (Å²) >= 11 is 0. The van der Waals surface area contributed by atoms with E-state index in [0.717, 1.165) is 10.9 Å². The summed E-state index contributed by atoms with van der Waals surface area (Å²) < 4.78 is 13.4. The first-order valence-electron chi connectivity index (χ1n) is 9.30. The summed E-state index contributed by atoms with van der Waals surface area (Å²) in [6, 6.07) is 3.61. The van der Waals surface area contributed by atoms with Crippen molar-refractivity contribution in [3.05, 3.63) is 35.8 Å². The quantitative estimate of drug-likeness (QED) is 0.727. The Kier molecular flexibility index (Phi) is 5.67. The van der Waals surface area contributed by atoms with Gasteiger partial charge >= 0.3 is 5.97 Å². The third kappa shape index (κ3) is 4.16. The molecule has 150 valence electrons. The Balaban J connectivity index is 1.79. The molecule has 0 bridgehead atoms. The van der Waals surface area contributed by atoms with Crippen molar-refractivity contribution >= 4 is 28.7 Å². The molecule has 3 N–H and O–H groups in total. The van der Waals surface area contributed by atoms with Gasteiger partial charge in [0.15, 0.2) is 0 Å². The average Bonchev–Trinajstić information content (AvgIpc) is 3.01. The summed E-state index contributed by atoms with van der Waals surface area (Å²) in [5.41, 5.74) is 1.43. The van der Waals surface area contributed by atoms with Crippen LogP contribution in [0.3, 0.4) is 0 Å². The highest BCUT2D eigenvalue weighted by atomic mass is 19.1. The average molecular weight is 389 g/mol. The second kappa shape index (κ2) is 8.00. The molecule has 7 nitrogen and oxygen atoms in total. The van der Waals surface area contributed by atoms with Gasteiger partial charge in [-0.25, -0.2) is 4.39 Å². The van der Waals surface area contributed by atoms with Crippen LogP contribution in [0.1, 0.15) is 25.8 Å². The molecular formula is C20H24FN3O4. The molecular weight excluding hydrogens is 365 g/mol. The number of benzene rings is 1. The number of carbonyl (C=O) groups excluding carboxylic acids is 2. The predicted molar refractivity (Wildman–Crippen MR) is 101 cm³/mol. The third-order valence-electron chi connectivity index (χ3n) is 5.36. The first-order valence-corrected chi connectivity index (χ1v) is 9.30.